The van der Waals surface area contributed by atoms with E-state index in [1.165, 1.54) is 12.1 Å². The summed E-state index contributed by atoms with van der Waals surface area (Å²) >= 11 is 0. The Hall–Kier alpha value is -2.60. The Morgan fingerprint density at radius 1 is 0.967 bits per heavy atom. The Labute approximate surface area is 174 Å². The van der Waals surface area contributed by atoms with Gasteiger partial charge in [0.1, 0.15) is 17.0 Å². The van der Waals surface area contributed by atoms with E-state index in [1.54, 1.807) is 32.9 Å². The molecule has 1 aliphatic heterocycles. The summed E-state index contributed by atoms with van der Waals surface area (Å²) in [7, 11) is 0. The molecule has 0 aromatic heterocycles. The van der Waals surface area contributed by atoms with Gasteiger partial charge < -0.3 is 9.84 Å². The quantitative estimate of drug-likeness (QED) is 0.606. The monoisotopic (exact) mass is 418 g/mol. The summed E-state index contributed by atoms with van der Waals surface area (Å²) in [6, 6.07) is 6.82. The zero-order valence-electron chi connectivity index (χ0n) is 17.7. The van der Waals surface area contributed by atoms with Crippen molar-refractivity contribution in [3.63, 3.8) is 0 Å². The van der Waals surface area contributed by atoms with Gasteiger partial charge >= 0.3 is 0 Å². The first-order chi connectivity index (χ1) is 14.0. The van der Waals surface area contributed by atoms with Crippen LogP contribution < -0.4 is 0 Å². The molecule has 1 aliphatic rings. The number of halogens is 3. The molecule has 1 atom stereocenters. The Morgan fingerprint density at radius 3 is 2.20 bits per heavy atom. The lowest BCUT2D eigenvalue weighted by Gasteiger charge is -2.42. The lowest BCUT2D eigenvalue weighted by atomic mass is 9.79. The van der Waals surface area contributed by atoms with E-state index in [2.05, 4.69) is 0 Å². The molecule has 1 unspecified atom stereocenters. The van der Waals surface area contributed by atoms with Gasteiger partial charge in [-0.1, -0.05) is 32.0 Å². The molecular formula is C24H25F3O3. The number of aryl methyl sites for hydroxylation is 1. The van der Waals surface area contributed by atoms with Crippen LogP contribution in [0.3, 0.4) is 0 Å². The molecule has 0 amide bonds. The fourth-order valence-electron chi connectivity index (χ4n) is 3.87. The van der Waals surface area contributed by atoms with E-state index >= 15 is 0 Å². The van der Waals surface area contributed by atoms with E-state index in [0.29, 0.717) is 29.5 Å². The minimum Gasteiger partial charge on any atom is -0.508 e. The number of carbonyl (C=O) groups is 1. The van der Waals surface area contributed by atoms with Crippen LogP contribution in [0, 0.1) is 17.5 Å². The van der Waals surface area contributed by atoms with Crippen LogP contribution in [0.5, 0.6) is 0 Å². The molecule has 0 aliphatic carbocycles. The lowest BCUT2D eigenvalue weighted by molar-refractivity contribution is -0.162. The molecule has 6 heteroatoms. The zero-order chi connectivity index (χ0) is 22.4. The lowest BCUT2D eigenvalue weighted by Crippen LogP contribution is -2.50. The topological polar surface area (TPSA) is 46.5 Å². The molecule has 0 saturated heterocycles. The van der Waals surface area contributed by atoms with Gasteiger partial charge in [0.15, 0.2) is 23.2 Å². The maximum absolute atomic E-state index is 14.3. The number of ether oxygens (including phenoxy) is 1. The average Bonchev–Trinajstić information content (AvgIpc) is 2.71. The van der Waals surface area contributed by atoms with E-state index in [-0.39, 0.29) is 22.7 Å². The summed E-state index contributed by atoms with van der Waals surface area (Å²) in [5.41, 5.74) is -0.533. The summed E-state index contributed by atoms with van der Waals surface area (Å²) < 4.78 is 47.2. The standard InChI is InChI=1S/C24H25F3O3/c1-6-13-12-14(16-10-11-17(25)20(27)19(16)26)8-9-15(13)18-21(28)23(3,4)30-24(5,7-2)22(18)29/h8-12,29H,6-7H2,1-5H3. The normalized spacial score (nSPS) is 21.3. The van der Waals surface area contributed by atoms with E-state index in [0.717, 1.165) is 6.07 Å². The fourth-order valence-corrected chi connectivity index (χ4v) is 3.87. The number of aliphatic hydroxyl groups excluding tert-OH is 1. The van der Waals surface area contributed by atoms with Crippen LogP contribution in [-0.4, -0.2) is 22.1 Å². The number of hydrogen-bond acceptors (Lipinski definition) is 3. The number of aliphatic hydroxyl groups is 1. The van der Waals surface area contributed by atoms with Crippen molar-refractivity contribution >= 4 is 11.4 Å². The Balaban J connectivity index is 2.22. The van der Waals surface area contributed by atoms with Gasteiger partial charge in [-0.15, -0.1) is 0 Å². The summed E-state index contributed by atoms with van der Waals surface area (Å²) in [4.78, 5) is 13.1. The summed E-state index contributed by atoms with van der Waals surface area (Å²) in [5.74, 6) is -4.56. The smallest absolute Gasteiger partial charge is 0.198 e. The van der Waals surface area contributed by atoms with Crippen molar-refractivity contribution in [3.05, 3.63) is 64.7 Å². The number of rotatable bonds is 4. The molecule has 2 aromatic rings. The number of carbonyl (C=O) groups excluding carboxylic acids is 1. The molecular weight excluding hydrogens is 393 g/mol. The van der Waals surface area contributed by atoms with Crippen LogP contribution in [0.4, 0.5) is 13.2 Å². The molecule has 3 nitrogen and oxygen atoms in total. The number of hydrogen-bond donors (Lipinski definition) is 1. The van der Waals surface area contributed by atoms with Crippen LogP contribution in [0.1, 0.15) is 52.2 Å². The third-order valence-electron chi connectivity index (χ3n) is 5.77. The number of benzene rings is 2. The average molecular weight is 418 g/mol. The van der Waals surface area contributed by atoms with Gasteiger partial charge in [-0.2, -0.15) is 0 Å². The predicted octanol–water partition coefficient (Wildman–Crippen LogP) is 6.15. The van der Waals surface area contributed by atoms with E-state index in [1.807, 2.05) is 13.8 Å². The Kier molecular flexibility index (Phi) is 5.58. The molecule has 0 radical (unpaired) electrons. The molecule has 1 heterocycles. The minimum absolute atomic E-state index is 0.0784. The van der Waals surface area contributed by atoms with E-state index in [9.17, 15) is 23.1 Å². The molecule has 0 bridgehead atoms. The largest absolute Gasteiger partial charge is 0.508 e. The van der Waals surface area contributed by atoms with Crippen molar-refractivity contribution in [1.82, 2.24) is 0 Å². The van der Waals surface area contributed by atoms with Gasteiger partial charge in [-0.05, 0) is 62.4 Å². The van der Waals surface area contributed by atoms with Gasteiger partial charge in [-0.3, -0.25) is 4.79 Å². The van der Waals surface area contributed by atoms with Gasteiger partial charge in [0.05, 0.1) is 5.57 Å². The predicted molar refractivity (Wildman–Crippen MR) is 110 cm³/mol. The zero-order valence-corrected chi connectivity index (χ0v) is 17.7. The van der Waals surface area contributed by atoms with Crippen molar-refractivity contribution in [2.75, 3.05) is 0 Å². The maximum atomic E-state index is 14.3. The molecule has 0 spiro atoms. The second-order valence-electron chi connectivity index (χ2n) is 8.20. The van der Waals surface area contributed by atoms with Gasteiger partial charge in [0.2, 0.25) is 0 Å². The van der Waals surface area contributed by atoms with Crippen molar-refractivity contribution < 1.29 is 27.8 Å². The molecule has 3 rings (SSSR count). The van der Waals surface area contributed by atoms with Crippen molar-refractivity contribution in [3.8, 4) is 11.1 Å². The summed E-state index contributed by atoms with van der Waals surface area (Å²) in [5, 5.41) is 10.9. The Bertz CT molecular complexity index is 1060. The van der Waals surface area contributed by atoms with Gasteiger partial charge in [0, 0.05) is 5.56 Å². The maximum Gasteiger partial charge on any atom is 0.198 e. The first kappa shape index (κ1) is 22.1. The fraction of sp³-hybridized carbons (Fsp3) is 0.375. The minimum atomic E-state index is -1.53. The highest BCUT2D eigenvalue weighted by molar-refractivity contribution is 6.26. The Morgan fingerprint density at radius 2 is 1.60 bits per heavy atom. The summed E-state index contributed by atoms with van der Waals surface area (Å²) in [6.45, 7) is 8.76. The molecule has 1 N–H and O–H groups in total. The van der Waals surface area contributed by atoms with E-state index < -0.39 is 28.7 Å². The van der Waals surface area contributed by atoms with Crippen LogP contribution in [0.2, 0.25) is 0 Å². The number of Topliss-reactive ketones (excluding diaryl/α,β-unsaturated/α-hetero) is 1. The van der Waals surface area contributed by atoms with Crippen molar-refractivity contribution in [2.45, 2.75) is 58.7 Å². The SMILES string of the molecule is CCc1cc(-c2ccc(F)c(F)c2F)ccc1C1=C(O)C(C)(CC)OC(C)(C)C1=O. The van der Waals surface area contributed by atoms with Crippen molar-refractivity contribution in [2.24, 2.45) is 0 Å². The molecule has 160 valence electrons. The third kappa shape index (κ3) is 3.43. The first-order valence-electron chi connectivity index (χ1n) is 9.92. The third-order valence-corrected chi connectivity index (χ3v) is 5.77. The van der Waals surface area contributed by atoms with Gasteiger partial charge in [-0.25, -0.2) is 13.2 Å². The van der Waals surface area contributed by atoms with Gasteiger partial charge in [0.25, 0.3) is 0 Å². The number of ketones is 1. The second-order valence-corrected chi connectivity index (χ2v) is 8.20. The second kappa shape index (κ2) is 7.58. The highest BCUT2D eigenvalue weighted by atomic mass is 19.2. The van der Waals surface area contributed by atoms with Crippen LogP contribution in [0.25, 0.3) is 16.7 Å². The van der Waals surface area contributed by atoms with Crippen LogP contribution in [0.15, 0.2) is 36.1 Å². The molecule has 0 saturated carbocycles. The highest BCUT2D eigenvalue weighted by Gasteiger charge is 2.48. The molecule has 0 fully saturated rings. The summed E-state index contributed by atoms with van der Waals surface area (Å²) in [6.07, 6.45) is 0.932. The molecule has 2 aromatic carbocycles. The van der Waals surface area contributed by atoms with E-state index in [4.69, 9.17) is 4.74 Å². The van der Waals surface area contributed by atoms with Crippen LogP contribution >= 0.6 is 0 Å². The first-order valence-corrected chi connectivity index (χ1v) is 9.92. The highest BCUT2D eigenvalue weighted by Crippen LogP contribution is 2.43. The molecule has 30 heavy (non-hydrogen) atoms. The van der Waals surface area contributed by atoms with Crippen LogP contribution in [-0.2, 0) is 16.0 Å². The van der Waals surface area contributed by atoms with Crippen molar-refractivity contribution in [1.29, 1.82) is 0 Å².